The summed E-state index contributed by atoms with van der Waals surface area (Å²) in [5, 5.41) is 0. The summed E-state index contributed by atoms with van der Waals surface area (Å²) in [4.78, 5) is 27.8. The number of hydrogen-bond acceptors (Lipinski definition) is 6. The van der Waals surface area contributed by atoms with Crippen LogP contribution >= 0.6 is 0 Å². The van der Waals surface area contributed by atoms with Crippen molar-refractivity contribution < 1.29 is 0 Å². The molecule has 0 aliphatic rings. The molecule has 0 saturated heterocycles. The van der Waals surface area contributed by atoms with Crippen LogP contribution in [0, 0.1) is 0 Å². The lowest BCUT2D eigenvalue weighted by molar-refractivity contribution is 0.803. The Bertz CT molecular complexity index is 552. The first-order valence-electron chi connectivity index (χ1n) is 4.98. The van der Waals surface area contributed by atoms with Gasteiger partial charge in [0.05, 0.1) is 12.7 Å². The molecule has 0 saturated carbocycles. The van der Waals surface area contributed by atoms with E-state index in [0.717, 1.165) is 0 Å². The van der Waals surface area contributed by atoms with Crippen molar-refractivity contribution in [3.8, 4) is 0 Å². The maximum atomic E-state index is 11.3. The van der Waals surface area contributed by atoms with E-state index in [9.17, 15) is 4.79 Å². The number of nitrogens with zero attached hydrogens (tertiary/aromatic N) is 4. The van der Waals surface area contributed by atoms with Crippen molar-refractivity contribution >= 4 is 11.6 Å². The topological polar surface area (TPSA) is 101 Å². The highest BCUT2D eigenvalue weighted by molar-refractivity contribution is 5.37. The number of H-pyrrole nitrogens is 1. The normalized spacial score (nSPS) is 10.2. The second-order valence-electron chi connectivity index (χ2n) is 3.51. The number of hydrogen-bond donors (Lipinski definition) is 2. The van der Waals surface area contributed by atoms with E-state index in [4.69, 9.17) is 5.73 Å². The maximum Gasteiger partial charge on any atom is 0.275 e. The fourth-order valence-electron chi connectivity index (χ4n) is 1.29. The molecular formula is C10H12N6O. The molecule has 2 aromatic rings. The van der Waals surface area contributed by atoms with Crippen molar-refractivity contribution in [1.82, 2.24) is 19.9 Å². The Morgan fingerprint density at radius 3 is 2.71 bits per heavy atom. The van der Waals surface area contributed by atoms with Crippen LogP contribution in [0.3, 0.4) is 0 Å². The largest absolute Gasteiger partial charge is 0.393 e. The summed E-state index contributed by atoms with van der Waals surface area (Å²) in [5.41, 5.74) is 5.14. The van der Waals surface area contributed by atoms with Gasteiger partial charge in [-0.25, -0.2) is 15.0 Å². The fourth-order valence-corrected chi connectivity index (χ4v) is 1.29. The van der Waals surface area contributed by atoms with Crippen molar-refractivity contribution in [3.63, 3.8) is 0 Å². The lowest BCUT2D eigenvalue weighted by Crippen LogP contribution is -2.24. The summed E-state index contributed by atoms with van der Waals surface area (Å²) in [6, 6.07) is 1.74. The van der Waals surface area contributed by atoms with Crippen molar-refractivity contribution in [2.75, 3.05) is 17.7 Å². The zero-order valence-electron chi connectivity index (χ0n) is 9.29. The molecule has 17 heavy (non-hydrogen) atoms. The highest BCUT2D eigenvalue weighted by Gasteiger charge is 2.06. The molecular weight excluding hydrogens is 220 g/mol. The Kier molecular flexibility index (Phi) is 2.99. The number of nitrogens with two attached hydrogens (primary N) is 1. The molecule has 88 valence electrons. The summed E-state index contributed by atoms with van der Waals surface area (Å²) >= 11 is 0. The lowest BCUT2D eigenvalue weighted by Gasteiger charge is -2.15. The van der Waals surface area contributed by atoms with Gasteiger partial charge in [-0.15, -0.1) is 0 Å². The first-order chi connectivity index (χ1) is 8.16. The average Bonchev–Trinajstić information content (AvgIpc) is 2.34. The Morgan fingerprint density at radius 2 is 2.06 bits per heavy atom. The molecule has 2 heterocycles. The third-order valence-corrected chi connectivity index (χ3v) is 2.17. The molecule has 2 rings (SSSR count). The van der Waals surface area contributed by atoms with Crippen LogP contribution < -0.4 is 16.2 Å². The van der Waals surface area contributed by atoms with E-state index in [-0.39, 0.29) is 11.2 Å². The van der Waals surface area contributed by atoms with E-state index in [0.29, 0.717) is 18.3 Å². The van der Waals surface area contributed by atoms with Crippen LogP contribution in [0.4, 0.5) is 11.6 Å². The molecule has 7 heteroatoms. The van der Waals surface area contributed by atoms with Crippen molar-refractivity contribution in [3.05, 3.63) is 40.8 Å². The van der Waals surface area contributed by atoms with Crippen LogP contribution in [0.1, 0.15) is 5.82 Å². The second-order valence-corrected chi connectivity index (χ2v) is 3.51. The molecule has 0 unspecified atom stereocenters. The number of aromatic amines is 1. The number of anilines is 2. The van der Waals surface area contributed by atoms with Crippen molar-refractivity contribution in [2.45, 2.75) is 6.54 Å². The van der Waals surface area contributed by atoms with E-state index >= 15 is 0 Å². The Balaban J connectivity index is 2.17. The quantitative estimate of drug-likeness (QED) is 0.758. The highest BCUT2D eigenvalue weighted by atomic mass is 16.1. The Labute approximate surface area is 97.4 Å². The predicted octanol–water partition coefficient (Wildman–Crippen LogP) is -0.222. The Hall–Kier alpha value is -2.44. The second kappa shape index (κ2) is 4.60. The average molecular weight is 232 g/mol. The minimum atomic E-state index is -0.351. The zero-order valence-corrected chi connectivity index (χ0v) is 9.29. The number of rotatable bonds is 3. The number of aromatic nitrogens is 4. The van der Waals surface area contributed by atoms with E-state index in [1.54, 1.807) is 30.4 Å². The summed E-state index contributed by atoms with van der Waals surface area (Å²) in [6.45, 7) is 0.452. The zero-order chi connectivity index (χ0) is 12.3. The third-order valence-electron chi connectivity index (χ3n) is 2.17. The molecule has 0 aromatic carbocycles. The van der Waals surface area contributed by atoms with Gasteiger partial charge in [-0.1, -0.05) is 0 Å². The molecule has 0 amide bonds. The SMILES string of the molecule is CN(Cc1ncccn1)c1ncc(N)c(=O)[nH]1. The number of nitrogen functional groups attached to an aromatic ring is 1. The van der Waals surface area contributed by atoms with Gasteiger partial charge >= 0.3 is 0 Å². The van der Waals surface area contributed by atoms with Crippen LogP contribution in [-0.4, -0.2) is 27.0 Å². The van der Waals surface area contributed by atoms with E-state index in [2.05, 4.69) is 19.9 Å². The van der Waals surface area contributed by atoms with Gasteiger partial charge < -0.3 is 10.6 Å². The van der Waals surface area contributed by atoms with E-state index < -0.39 is 0 Å². The smallest absolute Gasteiger partial charge is 0.275 e. The lowest BCUT2D eigenvalue weighted by atomic mass is 10.5. The predicted molar refractivity (Wildman–Crippen MR) is 63.4 cm³/mol. The van der Waals surface area contributed by atoms with Crippen LogP contribution in [0.5, 0.6) is 0 Å². The van der Waals surface area contributed by atoms with Gasteiger partial charge in [0.15, 0.2) is 0 Å². The molecule has 0 aliphatic heterocycles. The van der Waals surface area contributed by atoms with Gasteiger partial charge in [-0.2, -0.15) is 0 Å². The van der Waals surface area contributed by atoms with Crippen LogP contribution in [0.2, 0.25) is 0 Å². The van der Waals surface area contributed by atoms with Gasteiger partial charge in [0.25, 0.3) is 5.56 Å². The highest BCUT2D eigenvalue weighted by Crippen LogP contribution is 2.05. The van der Waals surface area contributed by atoms with Crippen molar-refractivity contribution in [1.29, 1.82) is 0 Å². The van der Waals surface area contributed by atoms with Gasteiger partial charge in [0, 0.05) is 19.4 Å². The van der Waals surface area contributed by atoms with Gasteiger partial charge in [-0.05, 0) is 6.07 Å². The van der Waals surface area contributed by atoms with E-state index in [1.165, 1.54) is 6.20 Å². The molecule has 2 aromatic heterocycles. The molecule has 0 bridgehead atoms. The van der Waals surface area contributed by atoms with Crippen LogP contribution in [0.15, 0.2) is 29.5 Å². The van der Waals surface area contributed by atoms with Gasteiger partial charge in [0.1, 0.15) is 11.5 Å². The summed E-state index contributed by atoms with van der Waals surface area (Å²) in [5.74, 6) is 1.08. The standard InChI is InChI=1S/C10H12N6O/c1-16(6-8-12-3-2-4-13-8)10-14-5-7(11)9(17)15-10/h2-5H,6,11H2,1H3,(H,14,15,17). The minimum Gasteiger partial charge on any atom is -0.393 e. The molecule has 0 radical (unpaired) electrons. The summed E-state index contributed by atoms with van der Waals surface area (Å²) in [7, 11) is 1.78. The molecule has 0 atom stereocenters. The van der Waals surface area contributed by atoms with E-state index in [1.807, 2.05) is 0 Å². The maximum absolute atomic E-state index is 11.3. The van der Waals surface area contributed by atoms with Gasteiger partial charge in [-0.3, -0.25) is 9.78 Å². The third kappa shape index (κ3) is 2.57. The Morgan fingerprint density at radius 1 is 1.35 bits per heavy atom. The first kappa shape index (κ1) is 11.1. The summed E-state index contributed by atoms with van der Waals surface area (Å²) in [6.07, 6.45) is 4.65. The molecule has 0 aliphatic carbocycles. The first-order valence-corrected chi connectivity index (χ1v) is 4.98. The molecule has 0 spiro atoms. The summed E-state index contributed by atoms with van der Waals surface area (Å²) < 4.78 is 0. The van der Waals surface area contributed by atoms with Crippen LogP contribution in [0.25, 0.3) is 0 Å². The van der Waals surface area contributed by atoms with Crippen LogP contribution in [-0.2, 0) is 6.54 Å². The van der Waals surface area contributed by atoms with Crippen molar-refractivity contribution in [2.24, 2.45) is 0 Å². The molecule has 0 fully saturated rings. The molecule has 7 nitrogen and oxygen atoms in total. The minimum absolute atomic E-state index is 0.0955. The van der Waals surface area contributed by atoms with Gasteiger partial charge in [0.2, 0.25) is 5.95 Å². The number of nitrogens with one attached hydrogen (secondary N) is 1. The monoisotopic (exact) mass is 232 g/mol. The fraction of sp³-hybridized carbons (Fsp3) is 0.200. The molecule has 3 N–H and O–H groups in total.